The largest absolute Gasteiger partial charge is 0.311 e. The van der Waals surface area contributed by atoms with Gasteiger partial charge in [-0.05, 0) is 37.4 Å². The van der Waals surface area contributed by atoms with Crippen molar-refractivity contribution >= 4 is 11.0 Å². The zero-order valence-electron chi connectivity index (χ0n) is 9.19. The Bertz CT molecular complexity index is 491. The lowest BCUT2D eigenvalue weighted by Crippen LogP contribution is -2.17. The first kappa shape index (κ1) is 9.73. The first-order chi connectivity index (χ1) is 7.92. The second-order valence-corrected chi connectivity index (χ2v) is 4.42. The van der Waals surface area contributed by atoms with Crippen LogP contribution in [0.1, 0.15) is 18.5 Å². The van der Waals surface area contributed by atoms with Crippen molar-refractivity contribution in [3.63, 3.8) is 0 Å². The number of para-hydroxylation sites is 2. The lowest BCUT2D eigenvalue weighted by atomic mass is 10.3. The highest BCUT2D eigenvalue weighted by atomic mass is 14.9. The average Bonchev–Trinajstić information content (AvgIpc) is 3.13. The fourth-order valence-corrected chi connectivity index (χ4v) is 1.81. The lowest BCUT2D eigenvalue weighted by Gasteiger charge is -2.03. The van der Waals surface area contributed by atoms with E-state index in [1.165, 1.54) is 12.8 Å². The third kappa shape index (κ3) is 2.19. The van der Waals surface area contributed by atoms with Crippen LogP contribution in [0.3, 0.4) is 0 Å². The van der Waals surface area contributed by atoms with Crippen LogP contribution in [0.2, 0.25) is 0 Å². The van der Waals surface area contributed by atoms with Crippen molar-refractivity contribution in [2.45, 2.75) is 19.4 Å². The lowest BCUT2D eigenvalue weighted by molar-refractivity contribution is 0.630. The molecule has 3 rings (SSSR count). The molecule has 3 nitrogen and oxygen atoms in total. The summed E-state index contributed by atoms with van der Waals surface area (Å²) >= 11 is 0. The van der Waals surface area contributed by atoms with Crippen molar-refractivity contribution < 1.29 is 0 Å². The summed E-state index contributed by atoms with van der Waals surface area (Å²) in [5.74, 6) is 0.911. The van der Waals surface area contributed by atoms with Crippen LogP contribution in [0.15, 0.2) is 30.5 Å². The monoisotopic (exact) mass is 213 g/mol. The van der Waals surface area contributed by atoms with E-state index in [0.717, 1.165) is 35.7 Å². The second-order valence-electron chi connectivity index (χ2n) is 4.42. The van der Waals surface area contributed by atoms with E-state index in [1.807, 2.05) is 30.5 Å². The smallest absolute Gasteiger partial charge is 0.0890 e. The zero-order valence-corrected chi connectivity index (χ0v) is 9.19. The van der Waals surface area contributed by atoms with Gasteiger partial charge in [0.25, 0.3) is 0 Å². The predicted molar refractivity (Wildman–Crippen MR) is 64.0 cm³/mol. The fraction of sp³-hybridized carbons (Fsp3) is 0.385. The molecule has 82 valence electrons. The molecule has 1 saturated carbocycles. The highest BCUT2D eigenvalue weighted by molar-refractivity contribution is 5.73. The molecule has 1 aromatic carbocycles. The fourth-order valence-electron chi connectivity index (χ4n) is 1.81. The maximum Gasteiger partial charge on any atom is 0.0890 e. The maximum absolute atomic E-state index is 4.57. The van der Waals surface area contributed by atoms with Crippen LogP contribution >= 0.6 is 0 Å². The van der Waals surface area contributed by atoms with Gasteiger partial charge in [-0.15, -0.1) is 0 Å². The third-order valence-corrected chi connectivity index (χ3v) is 2.93. The van der Waals surface area contributed by atoms with Crippen molar-refractivity contribution in [1.29, 1.82) is 0 Å². The number of hydrogen-bond donors (Lipinski definition) is 1. The molecule has 1 aliphatic rings. The third-order valence-electron chi connectivity index (χ3n) is 2.93. The Morgan fingerprint density at radius 1 is 1.19 bits per heavy atom. The Balaban J connectivity index is 1.71. The van der Waals surface area contributed by atoms with E-state index >= 15 is 0 Å². The molecule has 3 heteroatoms. The number of fused-ring (bicyclic) bond motifs is 1. The van der Waals surface area contributed by atoms with Crippen molar-refractivity contribution in [1.82, 2.24) is 15.3 Å². The molecule has 0 amide bonds. The molecule has 1 aliphatic carbocycles. The van der Waals surface area contributed by atoms with E-state index < -0.39 is 0 Å². The molecule has 0 atom stereocenters. The molecule has 2 aromatic rings. The van der Waals surface area contributed by atoms with Crippen LogP contribution < -0.4 is 5.32 Å². The summed E-state index contributed by atoms with van der Waals surface area (Å²) in [7, 11) is 0. The van der Waals surface area contributed by atoms with Gasteiger partial charge in [-0.2, -0.15) is 0 Å². The molecule has 0 bridgehead atoms. The van der Waals surface area contributed by atoms with Crippen molar-refractivity contribution in [2.75, 3.05) is 6.54 Å². The Morgan fingerprint density at radius 3 is 2.81 bits per heavy atom. The molecular formula is C13H15N3. The van der Waals surface area contributed by atoms with Crippen molar-refractivity contribution in [3.8, 4) is 0 Å². The highest BCUT2D eigenvalue weighted by Crippen LogP contribution is 2.27. The van der Waals surface area contributed by atoms with Crippen LogP contribution in [0, 0.1) is 5.92 Å². The minimum absolute atomic E-state index is 0.828. The van der Waals surface area contributed by atoms with Crippen molar-refractivity contribution in [2.24, 2.45) is 5.92 Å². The number of aromatic nitrogens is 2. The summed E-state index contributed by atoms with van der Waals surface area (Å²) in [6.07, 6.45) is 4.63. The van der Waals surface area contributed by atoms with E-state index in [1.54, 1.807) is 0 Å². The van der Waals surface area contributed by atoms with Gasteiger partial charge in [0.1, 0.15) is 0 Å². The van der Waals surface area contributed by atoms with Gasteiger partial charge in [0, 0.05) is 6.54 Å². The van der Waals surface area contributed by atoms with Crippen LogP contribution in [0.5, 0.6) is 0 Å². The van der Waals surface area contributed by atoms with Crippen molar-refractivity contribution in [3.05, 3.63) is 36.2 Å². The normalized spacial score (nSPS) is 15.5. The van der Waals surface area contributed by atoms with Gasteiger partial charge in [-0.1, -0.05) is 12.1 Å². The maximum atomic E-state index is 4.57. The highest BCUT2D eigenvalue weighted by Gasteiger charge is 2.20. The molecular weight excluding hydrogens is 198 g/mol. The van der Waals surface area contributed by atoms with Gasteiger partial charge < -0.3 is 5.32 Å². The SMILES string of the molecule is c1ccc2nc(CNCC3CC3)cnc2c1. The number of benzene rings is 1. The van der Waals surface area contributed by atoms with E-state index in [-0.39, 0.29) is 0 Å². The molecule has 1 aromatic heterocycles. The summed E-state index contributed by atoms with van der Waals surface area (Å²) < 4.78 is 0. The summed E-state index contributed by atoms with van der Waals surface area (Å²) in [6, 6.07) is 7.98. The van der Waals surface area contributed by atoms with E-state index in [0.29, 0.717) is 0 Å². The van der Waals surface area contributed by atoms with Gasteiger partial charge >= 0.3 is 0 Å². The minimum Gasteiger partial charge on any atom is -0.311 e. The number of nitrogens with one attached hydrogen (secondary N) is 1. The van der Waals surface area contributed by atoms with Crippen LogP contribution in [-0.4, -0.2) is 16.5 Å². The molecule has 1 heterocycles. The van der Waals surface area contributed by atoms with Gasteiger partial charge in [-0.3, -0.25) is 4.98 Å². The van der Waals surface area contributed by atoms with Gasteiger partial charge in [0.15, 0.2) is 0 Å². The molecule has 1 N–H and O–H groups in total. The molecule has 0 saturated heterocycles. The first-order valence-electron chi connectivity index (χ1n) is 5.83. The Kier molecular flexibility index (Phi) is 2.54. The number of nitrogens with zero attached hydrogens (tertiary/aromatic N) is 2. The predicted octanol–water partition coefficient (Wildman–Crippen LogP) is 2.13. The summed E-state index contributed by atoms with van der Waals surface area (Å²) in [5.41, 5.74) is 2.97. The van der Waals surface area contributed by atoms with E-state index in [9.17, 15) is 0 Å². The molecule has 0 radical (unpaired) electrons. The summed E-state index contributed by atoms with van der Waals surface area (Å²) in [6.45, 7) is 1.95. The molecule has 0 aliphatic heterocycles. The molecule has 0 unspecified atom stereocenters. The zero-order chi connectivity index (χ0) is 10.8. The second kappa shape index (κ2) is 4.18. The van der Waals surface area contributed by atoms with E-state index in [4.69, 9.17) is 0 Å². The topological polar surface area (TPSA) is 37.8 Å². The van der Waals surface area contributed by atoms with E-state index in [2.05, 4.69) is 15.3 Å². The minimum atomic E-state index is 0.828. The van der Waals surface area contributed by atoms with Gasteiger partial charge in [0.05, 0.1) is 22.9 Å². The quantitative estimate of drug-likeness (QED) is 0.845. The van der Waals surface area contributed by atoms with Crippen LogP contribution in [0.4, 0.5) is 0 Å². The molecule has 16 heavy (non-hydrogen) atoms. The standard InChI is InChI=1S/C13H15N3/c1-2-4-13-12(3-1)15-9-11(16-13)8-14-7-10-5-6-10/h1-4,9-10,14H,5-8H2. The van der Waals surface area contributed by atoms with Crippen LogP contribution in [0.25, 0.3) is 11.0 Å². The number of rotatable bonds is 4. The Hall–Kier alpha value is -1.48. The Morgan fingerprint density at radius 2 is 2.00 bits per heavy atom. The number of hydrogen-bond acceptors (Lipinski definition) is 3. The van der Waals surface area contributed by atoms with Gasteiger partial charge in [-0.25, -0.2) is 4.98 Å². The summed E-state index contributed by atoms with van der Waals surface area (Å²) in [4.78, 5) is 8.96. The summed E-state index contributed by atoms with van der Waals surface area (Å²) in [5, 5.41) is 3.43. The first-order valence-corrected chi connectivity index (χ1v) is 5.83. The van der Waals surface area contributed by atoms with Gasteiger partial charge in [0.2, 0.25) is 0 Å². The molecule has 0 spiro atoms. The Labute approximate surface area is 94.9 Å². The average molecular weight is 213 g/mol. The van der Waals surface area contributed by atoms with Crippen LogP contribution in [-0.2, 0) is 6.54 Å². The molecule has 1 fully saturated rings.